The summed E-state index contributed by atoms with van der Waals surface area (Å²) >= 11 is 5.53. The number of nitrogens with zero attached hydrogens (tertiary/aromatic N) is 8. The van der Waals surface area contributed by atoms with Gasteiger partial charge in [-0.3, -0.25) is 91.5 Å². The molecule has 14 rings (SSSR count). The van der Waals surface area contributed by atoms with Gasteiger partial charge < -0.3 is 99.8 Å². The highest BCUT2D eigenvalue weighted by Gasteiger charge is 2.62. The molecule has 1 aromatic rings. The van der Waals surface area contributed by atoms with Crippen molar-refractivity contribution in [3.8, 4) is 12.3 Å². The van der Waals surface area contributed by atoms with E-state index in [1.807, 2.05) is 0 Å². The van der Waals surface area contributed by atoms with Crippen LogP contribution < -0.4 is 11.4 Å². The molecule has 4 fully saturated rings. The molecule has 0 aromatic carbocycles. The maximum Gasteiger partial charge on any atom is 0.351 e. The predicted octanol–water partition coefficient (Wildman–Crippen LogP) is -4.12. The highest BCUT2D eigenvalue weighted by molar-refractivity contribution is 6.24. The highest BCUT2D eigenvalue weighted by Crippen LogP contribution is 2.43. The van der Waals surface area contributed by atoms with E-state index in [1.54, 1.807) is 45.1 Å². The van der Waals surface area contributed by atoms with Crippen molar-refractivity contribution >= 4 is 87.6 Å². The molecule has 0 unspecified atom stereocenters. The fraction of sp³-hybridized carbons (Fsp3) is 0.514. The highest BCUT2D eigenvalue weighted by atomic mass is 35.5. The average molecular weight is 1720 g/mol. The summed E-state index contributed by atoms with van der Waals surface area (Å²) in [4.78, 5) is 158. The molecule has 4 saturated heterocycles. The standard InChI is InChI=1S/C13H13NO4.C11H14FNO5.C11H13NO4.C10H11ClFNO5.C10H11F2NO5.C10H13NO5.C9H11N3O4/c1-3-13(8-15)5-4-12(18-13)14-7-9(2)10(16)6-11(14)17;1-11(12)9(17)7(5-14)18-10(11)13-3-2-6(15)4-8(13)16;1-7-5-12(10(15)4-9(7)14)11-3-2-8(6-13)16-11;2*11-10(12)8(17)6(4-14)18-9(10)13-2-1-5(15)3-7(13)16;1-6-3-11(8(14)2-7(6)13)9-5-15-10(4-12)16-9;10-7-1-2-12(9(15)11-7)8-3-5(14)6(4-13)16-8/h1,4-5,7,12,15H,6,8H2,2H3;2-3,7,9-10,14,17H,4-5H2,1H3;2-3,5,8,11,13H,4,6H2,1H3;2*1-2,6,8-9,14,17H,3-4H2;3,9-10,12H,2,4-5H2,1H3;1-3,6,8,13-14H,4H2,(H2,10,11,15)/t12-,13+;7-,9-,10-,11-;8-,11+;6-,8-,9-,10-;6-,8-,9-;9-,10-;6-,8-/m1101100/s1. The number of ketones is 6. The average Bonchev–Trinajstić information content (AvgIpc) is 1.62. The quantitative estimate of drug-likeness (QED) is 0.0277. The zero-order valence-electron chi connectivity index (χ0n) is 64.0. The molecule has 120 heavy (non-hydrogen) atoms. The van der Waals surface area contributed by atoms with Gasteiger partial charge in [0.15, 0.2) is 95.7 Å². The normalized spacial score (nSPS) is 33.6. The number of nitrogens with two attached hydrogens (primary N) is 1. The molecule has 654 valence electrons. The molecule has 0 bridgehead atoms. The van der Waals surface area contributed by atoms with E-state index in [0.717, 1.165) is 53.6 Å². The topological polar surface area (TPSA) is 582 Å². The Kier molecular flexibility index (Phi) is 32.1. The number of amides is 6. The zero-order valence-corrected chi connectivity index (χ0v) is 64.7. The summed E-state index contributed by atoms with van der Waals surface area (Å²) in [6, 6.07) is 1.45. The van der Waals surface area contributed by atoms with Gasteiger partial charge in [-0.15, -0.1) is 6.42 Å². The first kappa shape index (κ1) is 95.3. The van der Waals surface area contributed by atoms with Crippen LogP contribution in [0.4, 0.5) is 23.4 Å². The molecule has 19 atom stereocenters. The lowest BCUT2D eigenvalue weighted by molar-refractivity contribution is -0.173. The number of alkyl halides is 5. The van der Waals surface area contributed by atoms with Crippen molar-refractivity contribution in [2.75, 3.05) is 58.6 Å². The number of nitrogen functional groups attached to an aromatic ring is 1. The van der Waals surface area contributed by atoms with Crippen molar-refractivity contribution in [3.05, 3.63) is 131 Å². The van der Waals surface area contributed by atoms with Crippen molar-refractivity contribution in [2.45, 2.75) is 187 Å². The Labute approximate surface area is 682 Å². The van der Waals surface area contributed by atoms with Crippen LogP contribution in [-0.2, 0) is 95.4 Å². The molecule has 13 aliphatic rings. The van der Waals surface area contributed by atoms with E-state index >= 15 is 0 Å². The molecule has 0 saturated carbocycles. The number of halogens is 5. The number of hydrogen-bond acceptors (Lipinski definition) is 34. The van der Waals surface area contributed by atoms with Crippen LogP contribution >= 0.6 is 11.6 Å². The Morgan fingerprint density at radius 3 is 1.42 bits per heavy atom. The van der Waals surface area contributed by atoms with Crippen LogP contribution in [0.3, 0.4) is 0 Å². The lowest BCUT2D eigenvalue weighted by Gasteiger charge is -2.32. The number of aliphatic hydroxyl groups is 11. The number of hydrogen-bond donors (Lipinski definition) is 12. The van der Waals surface area contributed by atoms with Crippen LogP contribution in [0.15, 0.2) is 125 Å². The van der Waals surface area contributed by atoms with Crippen LogP contribution in [0.2, 0.25) is 0 Å². The van der Waals surface area contributed by atoms with Crippen LogP contribution in [0.25, 0.3) is 0 Å². The number of ether oxygens (including phenoxy) is 8. The van der Waals surface area contributed by atoms with Crippen molar-refractivity contribution in [3.63, 3.8) is 0 Å². The van der Waals surface area contributed by atoms with Crippen LogP contribution in [-0.4, -0.2) is 333 Å². The molecule has 46 heteroatoms. The summed E-state index contributed by atoms with van der Waals surface area (Å²) in [5.74, 6) is -6.16. The van der Waals surface area contributed by atoms with Gasteiger partial charge in [0.2, 0.25) is 41.7 Å². The van der Waals surface area contributed by atoms with E-state index in [-0.39, 0.29) is 117 Å². The smallest absolute Gasteiger partial charge is 0.351 e. The number of allylic oxidation sites excluding steroid dienone is 6. The summed E-state index contributed by atoms with van der Waals surface area (Å²) < 4.78 is 98.5. The predicted molar refractivity (Wildman–Crippen MR) is 391 cm³/mol. The number of aromatic nitrogens is 2. The Balaban J connectivity index is 0.000000174. The Morgan fingerprint density at radius 1 is 0.542 bits per heavy atom. The molecule has 14 heterocycles. The fourth-order valence-corrected chi connectivity index (χ4v) is 12.8. The van der Waals surface area contributed by atoms with Crippen molar-refractivity contribution < 1.29 is 169 Å². The van der Waals surface area contributed by atoms with E-state index in [2.05, 4.69) is 10.9 Å². The molecular weight excluding hydrogens is 1640 g/mol. The van der Waals surface area contributed by atoms with Gasteiger partial charge in [-0.25, -0.2) is 13.6 Å². The van der Waals surface area contributed by atoms with Crippen molar-refractivity contribution in [1.82, 2.24) is 39.0 Å². The second-order valence-electron chi connectivity index (χ2n) is 27.9. The third-order valence-electron chi connectivity index (χ3n) is 19.3. The number of terminal acetylenes is 1. The largest absolute Gasteiger partial charge is 0.510 e. The minimum absolute atomic E-state index is 0.101. The van der Waals surface area contributed by atoms with Crippen molar-refractivity contribution in [1.29, 1.82) is 0 Å². The van der Waals surface area contributed by atoms with E-state index < -0.39 is 183 Å². The first-order chi connectivity index (χ1) is 56.5. The van der Waals surface area contributed by atoms with Gasteiger partial charge in [0.05, 0.1) is 91.4 Å². The van der Waals surface area contributed by atoms with Crippen LogP contribution in [0.5, 0.6) is 0 Å². The third kappa shape index (κ3) is 21.9. The van der Waals surface area contributed by atoms with E-state index in [0.29, 0.717) is 21.6 Å². The second kappa shape index (κ2) is 40.5. The molecule has 0 aliphatic carbocycles. The molecule has 0 radical (unpaired) electrons. The van der Waals surface area contributed by atoms with E-state index in [9.17, 15) is 105 Å². The second-order valence-corrected chi connectivity index (χ2v) is 28.5. The number of Topliss-reactive ketones (excluding diaryl/α,β-unsaturated/α-hetero) is 3. The number of rotatable bonds is 14. The van der Waals surface area contributed by atoms with E-state index in [4.69, 9.17) is 92.3 Å². The Morgan fingerprint density at radius 2 is 1.00 bits per heavy atom. The van der Waals surface area contributed by atoms with Gasteiger partial charge in [-0.05, 0) is 70.2 Å². The first-order valence-corrected chi connectivity index (χ1v) is 36.6. The number of carbonyl (C=O) groups is 12. The summed E-state index contributed by atoms with van der Waals surface area (Å²) in [6.07, 6.45) is 5.08. The SMILES string of the molecule is C#C[C@@]1(CO)C=C[C@H](N2C=C(C)C(=O)CC2=O)O1.CC1=CN([C@@H]2CO[C@H](CO)O2)C(=O)CC1=O.CC1=CN([C@H]2C=C[C@@H](CO)O2)C(=O)CC1=O.C[C@@]1(F)[C@H](O)[C@@H](CO)O[C@H]1N1C=CC(=O)CC1=O.Nc1ccn([C@@H]2C=C(O)[C@H](CO)O2)c(=O)n1.O=C1C=CN([C@@H]2O[C@H](CO)[C@@H](O)C2(F)F)C(=O)C1.O=C1C=CN([C@@H]2O[C@H](CO)[C@@H](O)[C@]2(F)Cl)C(=O)C1. The lowest BCUT2D eigenvalue weighted by atomic mass is 9.97. The molecule has 41 nitrogen and oxygen atoms in total. The monoisotopic (exact) mass is 1720 g/mol. The lowest BCUT2D eigenvalue weighted by Crippen LogP contribution is -2.51. The van der Waals surface area contributed by atoms with Gasteiger partial charge in [-0.2, -0.15) is 13.8 Å². The minimum Gasteiger partial charge on any atom is -0.510 e. The molecule has 13 aliphatic heterocycles. The number of carbonyl (C=O) groups excluding carboxylic acids is 12. The molecular formula is C74H86ClF4N9O32. The van der Waals surface area contributed by atoms with E-state index in [1.165, 1.54) is 56.2 Å². The van der Waals surface area contributed by atoms with Gasteiger partial charge in [-0.1, -0.05) is 23.6 Å². The molecule has 1 aromatic heterocycles. The molecule has 6 amide bonds. The van der Waals surface area contributed by atoms with Gasteiger partial charge in [0.25, 0.3) is 5.13 Å². The summed E-state index contributed by atoms with van der Waals surface area (Å²) in [7, 11) is 0. The zero-order chi connectivity index (χ0) is 89.0. The maximum absolute atomic E-state index is 14.4. The van der Waals surface area contributed by atoms with Crippen LogP contribution in [0, 0.1) is 12.3 Å². The summed E-state index contributed by atoms with van der Waals surface area (Å²) in [6.45, 7) is 3.20. The van der Waals surface area contributed by atoms with Gasteiger partial charge >= 0.3 is 11.6 Å². The fourth-order valence-electron chi connectivity index (χ4n) is 12.5. The summed E-state index contributed by atoms with van der Waals surface area (Å²) in [5, 5.41) is 97.6. The first-order valence-electron chi connectivity index (χ1n) is 36.2. The number of aliphatic hydroxyl groups excluding tert-OH is 11. The van der Waals surface area contributed by atoms with Gasteiger partial charge in [0, 0.05) is 66.2 Å². The minimum atomic E-state index is -3.71. The summed E-state index contributed by atoms with van der Waals surface area (Å²) in [5.41, 5.74) is 2.92. The third-order valence-corrected chi connectivity index (χ3v) is 19.7. The Bertz CT molecular complexity index is 4320. The number of anilines is 1. The van der Waals surface area contributed by atoms with Crippen molar-refractivity contribution in [2.24, 2.45) is 0 Å². The van der Waals surface area contributed by atoms with Gasteiger partial charge in [0.1, 0.15) is 54.3 Å². The molecule has 13 N–H and O–H groups in total. The van der Waals surface area contributed by atoms with Crippen LogP contribution in [0.1, 0.15) is 72.4 Å². The Hall–Kier alpha value is -10.2. The molecule has 0 spiro atoms. The maximum atomic E-state index is 14.4.